The van der Waals surface area contributed by atoms with Gasteiger partial charge < -0.3 is 10.1 Å². The smallest absolute Gasteiger partial charge is 0.267 e. The Hall–Kier alpha value is -3.48. The zero-order valence-corrected chi connectivity index (χ0v) is 24.7. The van der Waals surface area contributed by atoms with Crippen molar-refractivity contribution in [3.05, 3.63) is 106 Å². The summed E-state index contributed by atoms with van der Waals surface area (Å²) in [6, 6.07) is 21.9. The molecule has 1 aliphatic rings. The summed E-state index contributed by atoms with van der Waals surface area (Å²) in [7, 11) is -8.05. The van der Waals surface area contributed by atoms with Crippen LogP contribution in [0.3, 0.4) is 0 Å². The minimum atomic E-state index is -4.06. The lowest BCUT2D eigenvalue weighted by molar-refractivity contribution is -0.122. The molecule has 212 valence electrons. The molecule has 1 heterocycles. The predicted octanol–water partition coefficient (Wildman–Crippen LogP) is 6.04. The van der Waals surface area contributed by atoms with Gasteiger partial charge in [0.15, 0.2) is 6.10 Å². The maximum Gasteiger partial charge on any atom is 0.267 e. The topological polar surface area (TPSA) is 122 Å². The Morgan fingerprint density at radius 2 is 1.37 bits per heavy atom. The Labute approximate surface area is 251 Å². The molecule has 9 nitrogen and oxygen atoms in total. The molecule has 14 heteroatoms. The van der Waals surface area contributed by atoms with Gasteiger partial charge in [-0.25, -0.2) is 16.8 Å². The lowest BCUT2D eigenvalue weighted by Gasteiger charge is -2.34. The van der Waals surface area contributed by atoms with Crippen LogP contribution in [0.1, 0.15) is 0 Å². The van der Waals surface area contributed by atoms with Gasteiger partial charge in [0.1, 0.15) is 5.75 Å². The molecule has 0 bridgehead atoms. The van der Waals surface area contributed by atoms with Crippen LogP contribution in [0, 0.1) is 0 Å². The fourth-order valence-corrected chi connectivity index (χ4v) is 7.24. The highest BCUT2D eigenvalue weighted by Crippen LogP contribution is 2.37. The zero-order valence-electron chi connectivity index (χ0n) is 20.8. The monoisotopic (exact) mass is 651 g/mol. The number of sulfonamides is 2. The quantitative estimate of drug-likeness (QED) is 0.251. The van der Waals surface area contributed by atoms with Crippen LogP contribution >= 0.6 is 34.8 Å². The second kappa shape index (κ2) is 11.4. The lowest BCUT2D eigenvalue weighted by Crippen LogP contribution is -2.48. The van der Waals surface area contributed by atoms with Gasteiger partial charge in [0.05, 0.1) is 27.7 Å². The molecular formula is C27H20Cl3N3O6S2. The second-order valence-corrected chi connectivity index (χ2v) is 13.7. The summed E-state index contributed by atoms with van der Waals surface area (Å²) in [5, 5.41) is 3.56. The summed E-state index contributed by atoms with van der Waals surface area (Å²) < 4.78 is 62.0. The molecule has 0 aliphatic carbocycles. The molecule has 4 aromatic carbocycles. The van der Waals surface area contributed by atoms with Crippen LogP contribution < -0.4 is 19.1 Å². The average molecular weight is 653 g/mol. The van der Waals surface area contributed by atoms with Crippen LogP contribution in [-0.4, -0.2) is 35.4 Å². The van der Waals surface area contributed by atoms with Crippen LogP contribution in [-0.2, 0) is 24.8 Å². The Kier molecular flexibility index (Phi) is 8.09. The Bertz CT molecular complexity index is 1820. The van der Waals surface area contributed by atoms with Gasteiger partial charge in [-0.05, 0) is 78.9 Å². The number of amides is 1. The highest BCUT2D eigenvalue weighted by atomic mass is 35.5. The van der Waals surface area contributed by atoms with Crippen molar-refractivity contribution >= 4 is 77.8 Å². The fourth-order valence-electron chi connectivity index (χ4n) is 4.07. The van der Waals surface area contributed by atoms with E-state index in [-0.39, 0.29) is 49.2 Å². The molecule has 0 fully saturated rings. The number of carbonyl (C=O) groups excluding carboxylic acids is 1. The first-order valence-corrected chi connectivity index (χ1v) is 15.9. The van der Waals surface area contributed by atoms with Gasteiger partial charge in [-0.15, -0.1) is 0 Å². The summed E-state index contributed by atoms with van der Waals surface area (Å²) in [6.07, 6.45) is -1.20. The van der Waals surface area contributed by atoms with E-state index in [0.29, 0.717) is 5.02 Å². The number of nitrogens with one attached hydrogen (secondary N) is 2. The first-order chi connectivity index (χ1) is 19.4. The van der Waals surface area contributed by atoms with E-state index >= 15 is 0 Å². The summed E-state index contributed by atoms with van der Waals surface area (Å²) in [5.74, 6) is -0.414. The fraction of sp³-hybridized carbons (Fsp3) is 0.0741. The average Bonchev–Trinajstić information content (AvgIpc) is 2.92. The molecule has 0 unspecified atom stereocenters. The number of hydrogen-bond acceptors (Lipinski definition) is 6. The van der Waals surface area contributed by atoms with Gasteiger partial charge in [-0.2, -0.15) is 0 Å². The molecule has 0 aromatic heterocycles. The molecule has 1 aliphatic heterocycles. The Morgan fingerprint density at radius 3 is 2.02 bits per heavy atom. The molecule has 41 heavy (non-hydrogen) atoms. The summed E-state index contributed by atoms with van der Waals surface area (Å²) in [4.78, 5) is 13.1. The maximum absolute atomic E-state index is 13.5. The third-order valence-electron chi connectivity index (χ3n) is 5.98. The van der Waals surface area contributed by atoms with Crippen molar-refractivity contribution in [2.24, 2.45) is 0 Å². The van der Waals surface area contributed by atoms with Crippen molar-refractivity contribution in [2.45, 2.75) is 15.9 Å². The van der Waals surface area contributed by atoms with E-state index in [1.807, 2.05) is 0 Å². The van der Waals surface area contributed by atoms with E-state index in [0.717, 1.165) is 4.31 Å². The number of ether oxygens (including phenoxy) is 1. The van der Waals surface area contributed by atoms with Gasteiger partial charge in [0.2, 0.25) is 0 Å². The number of anilines is 3. The predicted molar refractivity (Wildman–Crippen MR) is 159 cm³/mol. The van der Waals surface area contributed by atoms with Gasteiger partial charge in [0, 0.05) is 20.8 Å². The number of para-hydroxylation sites is 2. The van der Waals surface area contributed by atoms with E-state index in [2.05, 4.69) is 10.0 Å². The molecular weight excluding hydrogens is 633 g/mol. The van der Waals surface area contributed by atoms with Gasteiger partial charge in [-0.1, -0.05) is 46.9 Å². The van der Waals surface area contributed by atoms with Crippen molar-refractivity contribution in [1.29, 1.82) is 0 Å². The first kappa shape index (κ1) is 29.0. The number of hydrogen-bond donors (Lipinski definition) is 2. The van der Waals surface area contributed by atoms with Gasteiger partial charge in [-0.3, -0.25) is 13.8 Å². The largest absolute Gasteiger partial charge is 0.476 e. The molecule has 1 amide bonds. The molecule has 5 rings (SSSR count). The number of rotatable bonds is 7. The van der Waals surface area contributed by atoms with Gasteiger partial charge >= 0.3 is 0 Å². The van der Waals surface area contributed by atoms with Crippen molar-refractivity contribution in [1.82, 2.24) is 0 Å². The van der Waals surface area contributed by atoms with Crippen LogP contribution in [0.4, 0.5) is 17.1 Å². The molecule has 2 N–H and O–H groups in total. The number of benzene rings is 4. The van der Waals surface area contributed by atoms with Crippen molar-refractivity contribution < 1.29 is 26.4 Å². The molecule has 0 saturated heterocycles. The van der Waals surface area contributed by atoms with Crippen molar-refractivity contribution in [3.8, 4) is 5.75 Å². The Balaban J connectivity index is 1.34. The lowest BCUT2D eigenvalue weighted by atomic mass is 10.2. The summed E-state index contributed by atoms with van der Waals surface area (Å²) in [5.41, 5.74) is 0.747. The number of fused-ring (bicyclic) bond motifs is 1. The standard InChI is InChI=1S/C27H20Cl3N3O6S2/c28-17-5-9-23(10-6-17)41(37,38)33-16-26(39-25-4-2-1-3-24(25)33)27(34)31-20-7-11-22(12-8-20)40(35,36)32-21-14-18(29)13-19(30)15-21/h1-15,26,32H,16H2,(H,31,34)/t26-/m1/s1. The minimum absolute atomic E-state index is 0.00298. The summed E-state index contributed by atoms with van der Waals surface area (Å²) >= 11 is 17.8. The third-order valence-corrected chi connectivity index (χ3v) is 9.86. The number of halogens is 3. The van der Waals surface area contributed by atoms with Crippen LogP contribution in [0.2, 0.25) is 15.1 Å². The third kappa shape index (κ3) is 6.39. The summed E-state index contributed by atoms with van der Waals surface area (Å²) in [6.45, 7) is -0.299. The van der Waals surface area contributed by atoms with E-state index in [4.69, 9.17) is 39.5 Å². The van der Waals surface area contributed by atoms with Crippen molar-refractivity contribution in [3.63, 3.8) is 0 Å². The van der Waals surface area contributed by atoms with Crippen LogP contribution in [0.5, 0.6) is 5.75 Å². The first-order valence-electron chi connectivity index (χ1n) is 11.9. The number of carbonyl (C=O) groups is 1. The normalized spacial score (nSPS) is 15.0. The number of nitrogens with zero attached hydrogens (tertiary/aromatic N) is 1. The highest BCUT2D eigenvalue weighted by molar-refractivity contribution is 7.93. The highest BCUT2D eigenvalue weighted by Gasteiger charge is 2.37. The SMILES string of the molecule is O=C(Nc1ccc(S(=O)(=O)Nc2cc(Cl)cc(Cl)c2)cc1)[C@H]1CN(S(=O)(=O)c2ccc(Cl)cc2)c2ccccc2O1. The van der Waals surface area contributed by atoms with Crippen LogP contribution in [0.15, 0.2) is 101 Å². The molecule has 4 aromatic rings. The maximum atomic E-state index is 13.5. The van der Waals surface area contributed by atoms with Crippen LogP contribution in [0.25, 0.3) is 0 Å². The van der Waals surface area contributed by atoms with E-state index in [9.17, 15) is 21.6 Å². The molecule has 0 saturated carbocycles. The molecule has 0 spiro atoms. The van der Waals surface area contributed by atoms with E-state index in [1.54, 1.807) is 24.3 Å². The van der Waals surface area contributed by atoms with Gasteiger partial charge in [0.25, 0.3) is 26.0 Å². The van der Waals surface area contributed by atoms with E-state index < -0.39 is 32.1 Å². The van der Waals surface area contributed by atoms with E-state index in [1.165, 1.54) is 66.7 Å². The minimum Gasteiger partial charge on any atom is -0.476 e. The Morgan fingerprint density at radius 1 is 0.756 bits per heavy atom. The second-order valence-electron chi connectivity index (χ2n) is 8.84. The van der Waals surface area contributed by atoms with Crippen molar-refractivity contribution in [2.75, 3.05) is 20.9 Å². The molecule has 1 atom stereocenters. The zero-order chi connectivity index (χ0) is 29.4. The molecule has 0 radical (unpaired) electrons.